The number of benzene rings is 1. The van der Waals surface area contributed by atoms with E-state index in [1.807, 2.05) is 18.2 Å². The third-order valence-corrected chi connectivity index (χ3v) is 6.00. The molecule has 23 heavy (non-hydrogen) atoms. The van der Waals surface area contributed by atoms with E-state index in [0.29, 0.717) is 12.5 Å². The minimum absolute atomic E-state index is 0.0538. The lowest BCUT2D eigenvalue weighted by molar-refractivity contribution is -0.174. The van der Waals surface area contributed by atoms with E-state index >= 15 is 0 Å². The molecule has 122 valence electrons. The topological polar surface area (TPSA) is 29.5 Å². The summed E-state index contributed by atoms with van der Waals surface area (Å²) in [5.74, 6) is 0.309. The quantitative estimate of drug-likeness (QED) is 0.727. The van der Waals surface area contributed by atoms with Gasteiger partial charge >= 0.3 is 0 Å². The number of hydrogen-bond donors (Lipinski definition) is 0. The van der Waals surface area contributed by atoms with Crippen LogP contribution in [0.4, 0.5) is 0 Å². The number of amides is 1. The van der Waals surface area contributed by atoms with Gasteiger partial charge in [-0.15, -0.1) is 0 Å². The first-order valence-electron chi connectivity index (χ1n) is 8.82. The fourth-order valence-corrected chi connectivity index (χ4v) is 4.54. The summed E-state index contributed by atoms with van der Waals surface area (Å²) in [6.45, 7) is 2.70. The minimum atomic E-state index is -0.432. The van der Waals surface area contributed by atoms with Crippen LogP contribution in [0.25, 0.3) is 0 Å². The predicted molar refractivity (Wildman–Crippen MR) is 89.7 cm³/mol. The number of carbonyl (C=O) groups excluding carboxylic acids is 1. The highest BCUT2D eigenvalue weighted by Gasteiger charge is 2.57. The second kappa shape index (κ2) is 5.48. The van der Waals surface area contributed by atoms with Gasteiger partial charge in [0.1, 0.15) is 5.72 Å². The molecule has 2 fully saturated rings. The van der Waals surface area contributed by atoms with Crippen molar-refractivity contribution < 1.29 is 9.53 Å². The van der Waals surface area contributed by atoms with Crippen LogP contribution in [0, 0.1) is 5.41 Å². The molecule has 0 N–H and O–H groups in total. The summed E-state index contributed by atoms with van der Waals surface area (Å²) in [6, 6.07) is 10.4. The van der Waals surface area contributed by atoms with Crippen LogP contribution < -0.4 is 0 Å². The first kappa shape index (κ1) is 14.9. The van der Waals surface area contributed by atoms with Crippen molar-refractivity contribution in [3.05, 3.63) is 48.0 Å². The Kier molecular flexibility index (Phi) is 3.56. The number of fused-ring (bicyclic) bond motifs is 1. The fraction of sp³-hybridized carbons (Fsp3) is 0.550. The van der Waals surface area contributed by atoms with E-state index in [1.165, 1.54) is 5.56 Å². The lowest BCUT2D eigenvalue weighted by atomic mass is 9.71. The van der Waals surface area contributed by atoms with Gasteiger partial charge in [0.2, 0.25) is 5.91 Å². The van der Waals surface area contributed by atoms with Gasteiger partial charge in [-0.05, 0) is 51.0 Å². The van der Waals surface area contributed by atoms with Crippen molar-refractivity contribution in [1.82, 2.24) is 4.90 Å². The van der Waals surface area contributed by atoms with Gasteiger partial charge in [-0.2, -0.15) is 0 Å². The molecular formula is C20H25NO2. The van der Waals surface area contributed by atoms with E-state index < -0.39 is 5.72 Å². The second-order valence-corrected chi connectivity index (χ2v) is 7.44. The highest BCUT2D eigenvalue weighted by atomic mass is 16.5. The van der Waals surface area contributed by atoms with Crippen molar-refractivity contribution in [3.8, 4) is 0 Å². The molecule has 4 rings (SSSR count). The maximum Gasteiger partial charge on any atom is 0.231 e. The van der Waals surface area contributed by atoms with Crippen LogP contribution in [0.3, 0.4) is 0 Å². The number of nitrogens with zero attached hydrogens (tertiary/aromatic N) is 1. The molecule has 2 aliphatic heterocycles. The first-order valence-corrected chi connectivity index (χ1v) is 8.82. The van der Waals surface area contributed by atoms with E-state index in [2.05, 4.69) is 36.1 Å². The van der Waals surface area contributed by atoms with Crippen LogP contribution in [-0.4, -0.2) is 23.1 Å². The van der Waals surface area contributed by atoms with Crippen LogP contribution >= 0.6 is 0 Å². The average Bonchev–Trinajstić information content (AvgIpc) is 2.77. The van der Waals surface area contributed by atoms with Crippen LogP contribution in [0.5, 0.6) is 0 Å². The van der Waals surface area contributed by atoms with Crippen molar-refractivity contribution in [2.24, 2.45) is 5.41 Å². The molecule has 0 radical (unpaired) electrons. The molecule has 1 spiro atoms. The summed E-state index contributed by atoms with van der Waals surface area (Å²) in [7, 11) is 0. The molecule has 0 saturated carbocycles. The molecule has 0 unspecified atom stereocenters. The second-order valence-electron chi connectivity index (χ2n) is 7.44. The minimum Gasteiger partial charge on any atom is -0.353 e. The van der Waals surface area contributed by atoms with Gasteiger partial charge in [0.25, 0.3) is 0 Å². The predicted octanol–water partition coefficient (Wildman–Crippen LogP) is 4.21. The Labute approximate surface area is 138 Å². The number of piperidine rings is 1. The van der Waals surface area contributed by atoms with Crippen molar-refractivity contribution in [1.29, 1.82) is 0 Å². The van der Waals surface area contributed by atoms with Crippen LogP contribution in [0.2, 0.25) is 0 Å². The number of ether oxygens (including phenoxy) is 1. The summed E-state index contributed by atoms with van der Waals surface area (Å²) in [4.78, 5) is 15.6. The number of hydrogen-bond acceptors (Lipinski definition) is 2. The molecule has 3 aliphatic rings. The molecule has 3 atom stereocenters. The smallest absolute Gasteiger partial charge is 0.231 e. The molecule has 2 saturated heterocycles. The summed E-state index contributed by atoms with van der Waals surface area (Å²) in [5.41, 5.74) is 0.553. The Bertz CT molecular complexity index is 626. The van der Waals surface area contributed by atoms with Crippen molar-refractivity contribution in [2.45, 2.75) is 57.2 Å². The normalized spacial score (nSPS) is 37.0. The van der Waals surface area contributed by atoms with Gasteiger partial charge in [0.05, 0.1) is 18.1 Å². The average molecular weight is 311 g/mol. The van der Waals surface area contributed by atoms with E-state index in [9.17, 15) is 4.79 Å². The molecular weight excluding hydrogens is 286 g/mol. The highest BCUT2D eigenvalue weighted by molar-refractivity contribution is 5.85. The maximum absolute atomic E-state index is 13.5. The molecule has 1 aliphatic carbocycles. The fourth-order valence-electron chi connectivity index (χ4n) is 4.54. The Morgan fingerprint density at radius 3 is 2.78 bits per heavy atom. The van der Waals surface area contributed by atoms with Crippen LogP contribution in [0.15, 0.2) is 42.5 Å². The first-order chi connectivity index (χ1) is 11.1. The highest BCUT2D eigenvalue weighted by Crippen LogP contribution is 2.52. The Balaban J connectivity index is 1.70. The number of rotatable bonds is 1. The molecule has 3 heteroatoms. The number of allylic oxidation sites excluding steroid dienone is 2. The zero-order valence-corrected chi connectivity index (χ0v) is 13.8. The van der Waals surface area contributed by atoms with Gasteiger partial charge in [-0.25, -0.2) is 0 Å². The van der Waals surface area contributed by atoms with Gasteiger partial charge < -0.3 is 9.64 Å². The zero-order valence-electron chi connectivity index (χ0n) is 13.8. The third-order valence-electron chi connectivity index (χ3n) is 6.00. The summed E-state index contributed by atoms with van der Waals surface area (Å²) in [5, 5.41) is 0. The van der Waals surface area contributed by atoms with E-state index in [0.717, 1.165) is 38.5 Å². The van der Waals surface area contributed by atoms with Gasteiger partial charge in [-0.3, -0.25) is 4.79 Å². The van der Waals surface area contributed by atoms with Gasteiger partial charge in [0.15, 0.2) is 0 Å². The van der Waals surface area contributed by atoms with E-state index in [-0.39, 0.29) is 11.5 Å². The monoisotopic (exact) mass is 311 g/mol. The van der Waals surface area contributed by atoms with Crippen molar-refractivity contribution >= 4 is 5.91 Å². The zero-order chi connectivity index (χ0) is 15.9. The summed E-state index contributed by atoms with van der Waals surface area (Å²) < 4.78 is 6.13. The summed E-state index contributed by atoms with van der Waals surface area (Å²) >= 11 is 0. The Hall–Kier alpha value is -1.61. The molecule has 1 aromatic carbocycles. The lowest BCUT2D eigenvalue weighted by Crippen LogP contribution is -2.57. The van der Waals surface area contributed by atoms with Crippen LogP contribution in [0.1, 0.15) is 57.1 Å². The summed E-state index contributed by atoms with van der Waals surface area (Å²) in [6.07, 6.45) is 10.5. The van der Waals surface area contributed by atoms with Gasteiger partial charge in [-0.1, -0.05) is 42.5 Å². The molecule has 3 nitrogen and oxygen atoms in total. The molecule has 0 bridgehead atoms. The maximum atomic E-state index is 13.5. The lowest BCUT2D eigenvalue weighted by Gasteiger charge is -2.49. The van der Waals surface area contributed by atoms with Crippen molar-refractivity contribution in [3.63, 3.8) is 0 Å². The molecule has 1 amide bonds. The van der Waals surface area contributed by atoms with Gasteiger partial charge in [0, 0.05) is 0 Å². The largest absolute Gasteiger partial charge is 0.353 e. The van der Waals surface area contributed by atoms with E-state index in [1.54, 1.807) is 0 Å². The van der Waals surface area contributed by atoms with E-state index in [4.69, 9.17) is 4.74 Å². The third kappa shape index (κ3) is 2.33. The molecule has 0 aromatic heterocycles. The number of carbonyl (C=O) groups is 1. The molecule has 2 heterocycles. The van der Waals surface area contributed by atoms with Crippen molar-refractivity contribution in [2.75, 3.05) is 6.61 Å². The van der Waals surface area contributed by atoms with Crippen LogP contribution in [-0.2, 0) is 9.53 Å². The SMILES string of the molecule is C[C@@]12CC[C@@]3(CC=CCCC3)C(=O)N1[C@@H](c1ccccc1)CO2. The Morgan fingerprint density at radius 1 is 1.13 bits per heavy atom. The molecule has 1 aromatic rings. The Morgan fingerprint density at radius 2 is 1.96 bits per heavy atom. The standard InChI is InChI=1S/C20H25NO2/c1-19-13-14-20(11-7-2-3-8-12-20)18(22)21(19)17(15-23-19)16-9-5-4-6-10-16/h2,4-7,9-10,17H,3,8,11-15H2,1H3/t17-,19-,20+/m1/s1.